The van der Waals surface area contributed by atoms with Crippen molar-refractivity contribution >= 4 is 15.7 Å². The van der Waals surface area contributed by atoms with Crippen LogP contribution in [0, 0.1) is 17.5 Å². The summed E-state index contributed by atoms with van der Waals surface area (Å²) in [4.78, 5) is -0.336. The second kappa shape index (κ2) is 5.74. The van der Waals surface area contributed by atoms with Crippen molar-refractivity contribution in [2.45, 2.75) is 11.5 Å². The molecule has 0 saturated carbocycles. The first-order chi connectivity index (χ1) is 9.81. The van der Waals surface area contributed by atoms with Gasteiger partial charge in [-0.25, -0.2) is 21.6 Å². The lowest BCUT2D eigenvalue weighted by Gasteiger charge is -2.09. The molecule has 0 fully saturated rings. The number of aliphatic hydroxyl groups is 1. The molecule has 0 amide bonds. The standard InChI is InChI=1S/C13H10F3NO3S/c14-9-4-10(15)6-11(5-9)17-21(19,20)12-1-2-13(16)8(3-12)7-18/h1-6,17-18H,7H2. The minimum Gasteiger partial charge on any atom is -0.392 e. The molecule has 4 nitrogen and oxygen atoms in total. The summed E-state index contributed by atoms with van der Waals surface area (Å²) >= 11 is 0. The first kappa shape index (κ1) is 15.3. The molecule has 2 N–H and O–H groups in total. The molecule has 112 valence electrons. The first-order valence-electron chi connectivity index (χ1n) is 5.70. The van der Waals surface area contributed by atoms with E-state index in [1.807, 2.05) is 4.72 Å². The van der Waals surface area contributed by atoms with E-state index < -0.39 is 34.1 Å². The van der Waals surface area contributed by atoms with Crippen LogP contribution in [0.5, 0.6) is 0 Å². The van der Waals surface area contributed by atoms with Crippen molar-refractivity contribution in [3.05, 3.63) is 59.4 Å². The van der Waals surface area contributed by atoms with Crippen molar-refractivity contribution in [3.8, 4) is 0 Å². The van der Waals surface area contributed by atoms with Crippen molar-refractivity contribution in [1.82, 2.24) is 0 Å². The van der Waals surface area contributed by atoms with Gasteiger partial charge in [0.25, 0.3) is 10.0 Å². The number of halogens is 3. The largest absolute Gasteiger partial charge is 0.392 e. The number of hydrogen-bond acceptors (Lipinski definition) is 3. The minimum atomic E-state index is -4.16. The highest BCUT2D eigenvalue weighted by molar-refractivity contribution is 7.92. The molecular formula is C13H10F3NO3S. The van der Waals surface area contributed by atoms with Crippen molar-refractivity contribution in [2.24, 2.45) is 0 Å². The Labute approximate surface area is 118 Å². The van der Waals surface area contributed by atoms with E-state index in [9.17, 15) is 21.6 Å². The average molecular weight is 317 g/mol. The van der Waals surface area contributed by atoms with Gasteiger partial charge < -0.3 is 5.11 Å². The maximum atomic E-state index is 13.2. The van der Waals surface area contributed by atoms with Gasteiger partial charge in [0, 0.05) is 11.6 Å². The highest BCUT2D eigenvalue weighted by Gasteiger charge is 2.17. The predicted octanol–water partition coefficient (Wildman–Crippen LogP) is 2.40. The van der Waals surface area contributed by atoms with Crippen LogP contribution < -0.4 is 4.72 Å². The molecule has 0 atom stereocenters. The van der Waals surface area contributed by atoms with Crippen molar-refractivity contribution in [1.29, 1.82) is 0 Å². The fourth-order valence-corrected chi connectivity index (χ4v) is 2.76. The molecule has 8 heteroatoms. The van der Waals surface area contributed by atoms with Crippen LogP contribution in [0.1, 0.15) is 5.56 Å². The molecule has 0 saturated heterocycles. The van der Waals surface area contributed by atoms with Crippen LogP contribution in [0.3, 0.4) is 0 Å². The van der Waals surface area contributed by atoms with Crippen molar-refractivity contribution < 1.29 is 26.7 Å². The van der Waals surface area contributed by atoms with Gasteiger partial charge >= 0.3 is 0 Å². The molecule has 0 bridgehead atoms. The molecule has 0 aromatic heterocycles. The minimum absolute atomic E-state index is 0.205. The second-order valence-corrected chi connectivity index (χ2v) is 5.86. The SMILES string of the molecule is O=S(=O)(Nc1cc(F)cc(F)c1)c1ccc(F)c(CO)c1. The molecule has 0 spiro atoms. The van der Waals surface area contributed by atoms with Gasteiger partial charge in [0.05, 0.1) is 17.2 Å². The highest BCUT2D eigenvalue weighted by atomic mass is 32.2. The van der Waals surface area contributed by atoms with Crippen LogP contribution in [0.2, 0.25) is 0 Å². The lowest BCUT2D eigenvalue weighted by molar-refractivity contribution is 0.275. The zero-order valence-corrected chi connectivity index (χ0v) is 11.3. The van der Waals surface area contributed by atoms with Gasteiger partial charge in [-0.05, 0) is 30.3 Å². The molecule has 2 rings (SSSR count). The maximum Gasteiger partial charge on any atom is 0.261 e. The van der Waals surface area contributed by atoms with Crippen LogP contribution >= 0.6 is 0 Å². The number of hydrogen-bond donors (Lipinski definition) is 2. The van der Waals surface area contributed by atoms with Gasteiger partial charge in [-0.2, -0.15) is 0 Å². The van der Waals surface area contributed by atoms with E-state index in [4.69, 9.17) is 5.11 Å². The molecule has 21 heavy (non-hydrogen) atoms. The third-order valence-corrected chi connectivity index (χ3v) is 3.99. The van der Waals surface area contributed by atoms with Gasteiger partial charge in [-0.1, -0.05) is 0 Å². The Kier molecular flexibility index (Phi) is 4.19. The topological polar surface area (TPSA) is 66.4 Å². The molecule has 0 radical (unpaired) electrons. The van der Waals surface area contributed by atoms with Crippen LogP contribution in [-0.2, 0) is 16.6 Å². The first-order valence-corrected chi connectivity index (χ1v) is 7.18. The Hall–Kier alpha value is -2.06. The quantitative estimate of drug-likeness (QED) is 0.910. The van der Waals surface area contributed by atoms with E-state index in [0.717, 1.165) is 30.3 Å². The maximum absolute atomic E-state index is 13.2. The Bertz CT molecular complexity index is 758. The second-order valence-electron chi connectivity index (χ2n) is 4.17. The van der Waals surface area contributed by atoms with Crippen LogP contribution in [-0.4, -0.2) is 13.5 Å². The summed E-state index contributed by atoms with van der Waals surface area (Å²) in [6.07, 6.45) is 0. The molecular weight excluding hydrogens is 307 g/mol. The van der Waals surface area contributed by atoms with Crippen molar-refractivity contribution in [3.63, 3.8) is 0 Å². The summed E-state index contributed by atoms with van der Waals surface area (Å²) in [5, 5.41) is 8.92. The fourth-order valence-electron chi connectivity index (χ4n) is 1.67. The lowest BCUT2D eigenvalue weighted by Crippen LogP contribution is -2.14. The van der Waals surface area contributed by atoms with Gasteiger partial charge in [0.15, 0.2) is 0 Å². The Balaban J connectivity index is 2.38. The molecule has 2 aromatic rings. The normalized spacial score (nSPS) is 11.4. The van der Waals surface area contributed by atoms with E-state index in [1.54, 1.807) is 0 Å². The highest BCUT2D eigenvalue weighted by Crippen LogP contribution is 2.20. The lowest BCUT2D eigenvalue weighted by atomic mass is 10.2. The monoisotopic (exact) mass is 317 g/mol. The molecule has 0 aliphatic rings. The summed E-state index contributed by atoms with van der Waals surface area (Å²) < 4.78 is 65.3. The van der Waals surface area contributed by atoms with E-state index in [-0.39, 0.29) is 16.1 Å². The van der Waals surface area contributed by atoms with Gasteiger partial charge in [-0.15, -0.1) is 0 Å². The van der Waals surface area contributed by atoms with Gasteiger partial charge in [0.1, 0.15) is 17.5 Å². The Morgan fingerprint density at radius 2 is 1.62 bits per heavy atom. The fraction of sp³-hybridized carbons (Fsp3) is 0.0769. The smallest absolute Gasteiger partial charge is 0.261 e. The number of benzene rings is 2. The Morgan fingerprint density at radius 3 is 2.19 bits per heavy atom. The van der Waals surface area contributed by atoms with E-state index in [1.165, 1.54) is 0 Å². The zero-order chi connectivity index (χ0) is 15.6. The molecule has 2 aromatic carbocycles. The van der Waals surface area contributed by atoms with E-state index in [2.05, 4.69) is 0 Å². The number of rotatable bonds is 4. The number of aliphatic hydroxyl groups excluding tert-OH is 1. The zero-order valence-electron chi connectivity index (χ0n) is 10.5. The Morgan fingerprint density at radius 1 is 1.00 bits per heavy atom. The number of anilines is 1. The molecule has 0 aliphatic heterocycles. The van der Waals surface area contributed by atoms with Crippen molar-refractivity contribution in [2.75, 3.05) is 4.72 Å². The van der Waals surface area contributed by atoms with Crippen LogP contribution in [0.4, 0.5) is 18.9 Å². The van der Waals surface area contributed by atoms with Crippen LogP contribution in [0.15, 0.2) is 41.3 Å². The average Bonchev–Trinajstić information content (AvgIpc) is 2.37. The van der Waals surface area contributed by atoms with Gasteiger partial charge in [0.2, 0.25) is 0 Å². The predicted molar refractivity (Wildman–Crippen MR) is 69.5 cm³/mol. The molecule has 0 heterocycles. The summed E-state index contributed by atoms with van der Waals surface area (Å²) in [5.74, 6) is -2.64. The molecule has 0 aliphatic carbocycles. The van der Waals surface area contributed by atoms with Gasteiger partial charge in [-0.3, -0.25) is 4.72 Å². The van der Waals surface area contributed by atoms with E-state index in [0.29, 0.717) is 6.07 Å². The van der Waals surface area contributed by atoms with E-state index >= 15 is 0 Å². The number of nitrogens with one attached hydrogen (secondary N) is 1. The summed E-state index contributed by atoms with van der Waals surface area (Å²) in [5.41, 5.74) is -0.509. The third-order valence-electron chi connectivity index (χ3n) is 2.61. The molecule has 0 unspecified atom stereocenters. The summed E-state index contributed by atoms with van der Waals surface area (Å²) in [6, 6.07) is 5.00. The van der Waals surface area contributed by atoms with Crippen LogP contribution in [0.25, 0.3) is 0 Å². The summed E-state index contributed by atoms with van der Waals surface area (Å²) in [6.45, 7) is -0.677. The third kappa shape index (κ3) is 3.53. The summed E-state index contributed by atoms with van der Waals surface area (Å²) in [7, 11) is -4.16. The number of sulfonamides is 1.